The lowest BCUT2D eigenvalue weighted by Crippen LogP contribution is -2.03. The SMILES string of the molecule is COc1cccc2c1nc(CCl)n2Cc1ccon1. The monoisotopic (exact) mass is 277 g/mol. The molecule has 19 heavy (non-hydrogen) atoms. The first-order chi connectivity index (χ1) is 9.33. The molecule has 0 unspecified atom stereocenters. The van der Waals surface area contributed by atoms with Gasteiger partial charge in [0.2, 0.25) is 0 Å². The zero-order valence-corrected chi connectivity index (χ0v) is 11.1. The fourth-order valence-electron chi connectivity index (χ4n) is 2.09. The molecule has 3 aromatic rings. The van der Waals surface area contributed by atoms with Gasteiger partial charge in [-0.15, -0.1) is 11.6 Å². The number of nitrogens with zero attached hydrogens (tertiary/aromatic N) is 3. The number of aromatic nitrogens is 3. The van der Waals surface area contributed by atoms with E-state index in [4.69, 9.17) is 20.9 Å². The molecule has 0 saturated heterocycles. The summed E-state index contributed by atoms with van der Waals surface area (Å²) in [6, 6.07) is 7.62. The molecule has 0 N–H and O–H groups in total. The number of para-hydroxylation sites is 1. The van der Waals surface area contributed by atoms with Gasteiger partial charge in [0.25, 0.3) is 0 Å². The lowest BCUT2D eigenvalue weighted by molar-refractivity contribution is 0.409. The van der Waals surface area contributed by atoms with Crippen LogP contribution in [0, 0.1) is 0 Å². The topological polar surface area (TPSA) is 53.1 Å². The van der Waals surface area contributed by atoms with Crippen molar-refractivity contribution in [2.75, 3.05) is 7.11 Å². The predicted molar refractivity (Wildman–Crippen MR) is 71.4 cm³/mol. The van der Waals surface area contributed by atoms with Crippen LogP contribution in [0.4, 0.5) is 0 Å². The number of fused-ring (bicyclic) bond motifs is 1. The number of ether oxygens (including phenoxy) is 1. The Morgan fingerprint density at radius 1 is 1.37 bits per heavy atom. The average molecular weight is 278 g/mol. The van der Waals surface area contributed by atoms with E-state index < -0.39 is 0 Å². The quantitative estimate of drug-likeness (QED) is 0.688. The van der Waals surface area contributed by atoms with E-state index in [9.17, 15) is 0 Å². The zero-order valence-electron chi connectivity index (χ0n) is 10.3. The highest BCUT2D eigenvalue weighted by molar-refractivity contribution is 6.16. The van der Waals surface area contributed by atoms with Crippen LogP contribution in [0.2, 0.25) is 0 Å². The van der Waals surface area contributed by atoms with Crippen LogP contribution in [0.3, 0.4) is 0 Å². The molecule has 0 aliphatic heterocycles. The molecule has 3 rings (SSSR count). The summed E-state index contributed by atoms with van der Waals surface area (Å²) in [7, 11) is 1.63. The molecule has 0 saturated carbocycles. The molecule has 0 amide bonds. The van der Waals surface area contributed by atoms with Crippen molar-refractivity contribution in [1.82, 2.24) is 14.7 Å². The molecule has 5 nitrogen and oxygen atoms in total. The molecule has 0 radical (unpaired) electrons. The maximum atomic E-state index is 5.97. The zero-order chi connectivity index (χ0) is 13.2. The van der Waals surface area contributed by atoms with E-state index in [0.717, 1.165) is 28.3 Å². The lowest BCUT2D eigenvalue weighted by atomic mass is 10.3. The van der Waals surface area contributed by atoms with Gasteiger partial charge in [-0.05, 0) is 12.1 Å². The van der Waals surface area contributed by atoms with Crippen molar-refractivity contribution in [1.29, 1.82) is 0 Å². The number of methoxy groups -OCH3 is 1. The summed E-state index contributed by atoms with van der Waals surface area (Å²) < 4.78 is 12.2. The van der Waals surface area contributed by atoms with Gasteiger partial charge < -0.3 is 13.8 Å². The van der Waals surface area contributed by atoms with E-state index in [2.05, 4.69) is 10.1 Å². The van der Waals surface area contributed by atoms with Crippen molar-refractivity contribution in [2.45, 2.75) is 12.4 Å². The molecule has 0 atom stereocenters. The van der Waals surface area contributed by atoms with Gasteiger partial charge in [-0.2, -0.15) is 0 Å². The van der Waals surface area contributed by atoms with E-state index >= 15 is 0 Å². The van der Waals surface area contributed by atoms with Crippen molar-refractivity contribution in [3.63, 3.8) is 0 Å². The third-order valence-corrected chi connectivity index (χ3v) is 3.21. The number of alkyl halides is 1. The first-order valence-electron chi connectivity index (χ1n) is 5.81. The number of rotatable bonds is 4. The van der Waals surface area contributed by atoms with Crippen LogP contribution >= 0.6 is 11.6 Å². The van der Waals surface area contributed by atoms with Crippen LogP contribution in [0.1, 0.15) is 11.5 Å². The minimum Gasteiger partial charge on any atom is -0.494 e. The van der Waals surface area contributed by atoms with Gasteiger partial charge in [0, 0.05) is 6.07 Å². The van der Waals surface area contributed by atoms with Crippen molar-refractivity contribution in [2.24, 2.45) is 0 Å². The molecule has 0 aliphatic rings. The second-order valence-corrected chi connectivity index (χ2v) is 4.33. The van der Waals surface area contributed by atoms with E-state index in [1.165, 1.54) is 0 Å². The largest absolute Gasteiger partial charge is 0.494 e. The lowest BCUT2D eigenvalue weighted by Gasteiger charge is -2.05. The van der Waals surface area contributed by atoms with Crippen LogP contribution in [0.15, 0.2) is 35.1 Å². The summed E-state index contributed by atoms with van der Waals surface area (Å²) in [4.78, 5) is 4.53. The van der Waals surface area contributed by atoms with E-state index in [-0.39, 0.29) is 0 Å². The summed E-state index contributed by atoms with van der Waals surface area (Å²) in [5.74, 6) is 1.85. The van der Waals surface area contributed by atoms with E-state index in [1.807, 2.05) is 28.8 Å². The highest BCUT2D eigenvalue weighted by atomic mass is 35.5. The van der Waals surface area contributed by atoms with Crippen molar-refractivity contribution >= 4 is 22.6 Å². The Morgan fingerprint density at radius 2 is 2.26 bits per heavy atom. The van der Waals surface area contributed by atoms with Crippen LogP contribution in [0.5, 0.6) is 5.75 Å². The van der Waals surface area contributed by atoms with Crippen LogP contribution in [0.25, 0.3) is 11.0 Å². The van der Waals surface area contributed by atoms with Crippen molar-refractivity contribution in [3.05, 3.63) is 42.0 Å². The Balaban J connectivity index is 2.16. The van der Waals surface area contributed by atoms with Gasteiger partial charge >= 0.3 is 0 Å². The van der Waals surface area contributed by atoms with Gasteiger partial charge in [-0.3, -0.25) is 0 Å². The second-order valence-electron chi connectivity index (χ2n) is 4.07. The molecule has 0 fully saturated rings. The van der Waals surface area contributed by atoms with Crippen LogP contribution in [-0.2, 0) is 12.4 Å². The highest BCUT2D eigenvalue weighted by Gasteiger charge is 2.14. The van der Waals surface area contributed by atoms with Crippen molar-refractivity contribution < 1.29 is 9.26 Å². The molecule has 6 heteroatoms. The predicted octanol–water partition coefficient (Wildman–Crippen LogP) is 2.82. The fraction of sp³-hybridized carbons (Fsp3) is 0.231. The maximum absolute atomic E-state index is 5.97. The Hall–Kier alpha value is -2.01. The summed E-state index contributed by atoms with van der Waals surface area (Å²) in [6.07, 6.45) is 1.55. The molecule has 0 bridgehead atoms. The normalized spacial score (nSPS) is 11.1. The summed E-state index contributed by atoms with van der Waals surface area (Å²) in [6.45, 7) is 0.572. The molecule has 2 aromatic heterocycles. The molecular formula is C13H12ClN3O2. The number of hydrogen-bond donors (Lipinski definition) is 0. The fourth-order valence-corrected chi connectivity index (χ4v) is 2.30. The van der Waals surface area contributed by atoms with Gasteiger partial charge in [0.1, 0.15) is 29.0 Å². The number of hydrogen-bond acceptors (Lipinski definition) is 4. The van der Waals surface area contributed by atoms with E-state index in [1.54, 1.807) is 13.4 Å². The van der Waals surface area contributed by atoms with Gasteiger partial charge in [0.05, 0.1) is 25.1 Å². The molecule has 0 aliphatic carbocycles. The first-order valence-corrected chi connectivity index (χ1v) is 6.34. The Kier molecular flexibility index (Phi) is 3.13. The number of imidazole rings is 1. The molecular weight excluding hydrogens is 266 g/mol. The second kappa shape index (κ2) is 4.93. The first kappa shape index (κ1) is 12.0. The molecule has 0 spiro atoms. The van der Waals surface area contributed by atoms with Crippen LogP contribution < -0.4 is 4.74 Å². The molecule has 2 heterocycles. The third kappa shape index (κ3) is 2.06. The smallest absolute Gasteiger partial charge is 0.146 e. The maximum Gasteiger partial charge on any atom is 0.146 e. The molecule has 1 aromatic carbocycles. The Labute approximate surface area is 114 Å². The van der Waals surface area contributed by atoms with Gasteiger partial charge in [-0.1, -0.05) is 11.2 Å². The minimum atomic E-state index is 0.329. The summed E-state index contributed by atoms with van der Waals surface area (Å²) >= 11 is 5.97. The van der Waals surface area contributed by atoms with Crippen molar-refractivity contribution in [3.8, 4) is 5.75 Å². The van der Waals surface area contributed by atoms with Gasteiger partial charge in [0.15, 0.2) is 0 Å². The van der Waals surface area contributed by atoms with Crippen LogP contribution in [-0.4, -0.2) is 21.8 Å². The number of benzene rings is 1. The average Bonchev–Trinajstić information content (AvgIpc) is 3.07. The minimum absolute atomic E-state index is 0.329. The Bertz CT molecular complexity index is 691. The Morgan fingerprint density at radius 3 is 2.95 bits per heavy atom. The highest BCUT2D eigenvalue weighted by Crippen LogP contribution is 2.26. The summed E-state index contributed by atoms with van der Waals surface area (Å²) in [5, 5.41) is 3.92. The van der Waals surface area contributed by atoms with Gasteiger partial charge in [-0.25, -0.2) is 4.98 Å². The third-order valence-electron chi connectivity index (χ3n) is 2.97. The molecule has 98 valence electrons. The van der Waals surface area contributed by atoms with E-state index in [0.29, 0.717) is 12.4 Å². The standard InChI is InChI=1S/C13H12ClN3O2/c1-18-11-4-2-3-10-13(11)15-12(7-14)17(10)8-9-5-6-19-16-9/h2-6H,7-8H2,1H3. The summed E-state index contributed by atoms with van der Waals surface area (Å²) in [5.41, 5.74) is 2.61. The number of halogens is 1.